The van der Waals surface area contributed by atoms with Gasteiger partial charge in [-0.15, -0.1) is 24.0 Å². The summed E-state index contributed by atoms with van der Waals surface area (Å²) in [6.07, 6.45) is 3.57. The Morgan fingerprint density at radius 2 is 1.86 bits per heavy atom. The molecule has 0 rings (SSSR count). The van der Waals surface area contributed by atoms with E-state index >= 15 is 0 Å². The van der Waals surface area contributed by atoms with Gasteiger partial charge in [-0.3, -0.25) is 4.79 Å². The Morgan fingerprint density at radius 3 is 2.45 bits per heavy atom. The topological polar surface area (TPSA) is 74.8 Å². The number of carbonyl (C=O) groups excluding carboxylic acids is 1. The largest absolute Gasteiger partial charge is 0.383 e. The van der Waals surface area contributed by atoms with Gasteiger partial charge in [0.2, 0.25) is 5.91 Å². The zero-order valence-corrected chi connectivity index (χ0v) is 16.7. The van der Waals surface area contributed by atoms with Crippen LogP contribution in [0.25, 0.3) is 0 Å². The maximum absolute atomic E-state index is 11.5. The average Bonchev–Trinajstić information content (AvgIpc) is 2.44. The molecule has 0 heterocycles. The number of methoxy groups -OCH3 is 1. The molecule has 6 nitrogen and oxygen atoms in total. The third-order valence-electron chi connectivity index (χ3n) is 2.85. The van der Waals surface area contributed by atoms with Gasteiger partial charge in [0.15, 0.2) is 5.96 Å². The molecule has 3 N–H and O–H groups in total. The Labute approximate surface area is 152 Å². The van der Waals surface area contributed by atoms with E-state index in [0.717, 1.165) is 25.4 Å². The molecule has 0 aliphatic heterocycles. The molecule has 0 atom stereocenters. The van der Waals surface area contributed by atoms with Crippen molar-refractivity contribution in [2.24, 2.45) is 10.9 Å². The van der Waals surface area contributed by atoms with Crippen LogP contribution in [-0.4, -0.2) is 51.8 Å². The quantitative estimate of drug-likeness (QED) is 0.203. The van der Waals surface area contributed by atoms with Crippen LogP contribution in [0.1, 0.15) is 40.0 Å². The third-order valence-corrected chi connectivity index (χ3v) is 2.85. The second-order valence-electron chi connectivity index (χ2n) is 5.35. The van der Waals surface area contributed by atoms with Gasteiger partial charge in [-0.05, 0) is 19.3 Å². The minimum absolute atomic E-state index is 0. The smallest absolute Gasteiger partial charge is 0.241 e. The molecule has 7 heteroatoms. The van der Waals surface area contributed by atoms with Gasteiger partial charge in [-0.25, -0.2) is 4.99 Å². The van der Waals surface area contributed by atoms with E-state index in [9.17, 15) is 4.79 Å². The fourth-order valence-corrected chi connectivity index (χ4v) is 1.73. The maximum Gasteiger partial charge on any atom is 0.241 e. The van der Waals surface area contributed by atoms with Gasteiger partial charge in [-0.1, -0.05) is 26.7 Å². The van der Waals surface area contributed by atoms with E-state index in [4.69, 9.17) is 4.74 Å². The zero-order chi connectivity index (χ0) is 15.9. The van der Waals surface area contributed by atoms with Crippen molar-refractivity contribution in [1.29, 1.82) is 0 Å². The fourth-order valence-electron chi connectivity index (χ4n) is 1.73. The molecule has 0 unspecified atom stereocenters. The number of rotatable bonds is 11. The zero-order valence-electron chi connectivity index (χ0n) is 14.4. The molecule has 132 valence electrons. The number of guanidine groups is 1. The highest BCUT2D eigenvalue weighted by molar-refractivity contribution is 14.0. The number of nitrogens with one attached hydrogen (secondary N) is 3. The molecule has 0 fully saturated rings. The Morgan fingerprint density at radius 1 is 1.14 bits per heavy atom. The Balaban J connectivity index is 0. The average molecular weight is 428 g/mol. The molecule has 0 aliphatic rings. The number of carbonyl (C=O) groups is 1. The summed E-state index contributed by atoms with van der Waals surface area (Å²) in [4.78, 5) is 15.8. The molecule has 0 saturated heterocycles. The van der Waals surface area contributed by atoms with Crippen molar-refractivity contribution in [3.05, 3.63) is 0 Å². The summed E-state index contributed by atoms with van der Waals surface area (Å²) in [5.41, 5.74) is 0. The number of hydrogen-bond acceptors (Lipinski definition) is 3. The molecule has 0 saturated carbocycles. The number of unbranched alkanes of at least 4 members (excludes halogenated alkanes) is 1. The van der Waals surface area contributed by atoms with Crippen LogP contribution in [0.4, 0.5) is 0 Å². The van der Waals surface area contributed by atoms with Crippen molar-refractivity contribution in [2.75, 3.05) is 39.9 Å². The molecule has 0 aromatic carbocycles. The molecular formula is C15H33IN4O2. The third kappa shape index (κ3) is 15.8. The van der Waals surface area contributed by atoms with Gasteiger partial charge in [-0.2, -0.15) is 0 Å². The van der Waals surface area contributed by atoms with E-state index < -0.39 is 0 Å². The normalized spacial score (nSPS) is 11.0. The van der Waals surface area contributed by atoms with Crippen LogP contribution in [-0.2, 0) is 9.53 Å². The molecule has 0 aromatic rings. The molecule has 1 amide bonds. The van der Waals surface area contributed by atoms with Crippen LogP contribution < -0.4 is 16.0 Å². The summed E-state index contributed by atoms with van der Waals surface area (Å²) in [7, 11) is 1.61. The minimum Gasteiger partial charge on any atom is -0.383 e. The maximum atomic E-state index is 11.5. The van der Waals surface area contributed by atoms with Crippen LogP contribution >= 0.6 is 24.0 Å². The number of ether oxygens (including phenoxy) is 1. The molecule has 0 aromatic heterocycles. The molecular weight excluding hydrogens is 395 g/mol. The number of nitrogens with zero attached hydrogens (tertiary/aromatic N) is 1. The lowest BCUT2D eigenvalue weighted by Crippen LogP contribution is -2.39. The molecule has 22 heavy (non-hydrogen) atoms. The van der Waals surface area contributed by atoms with E-state index in [1.165, 1.54) is 12.8 Å². The van der Waals surface area contributed by atoms with Crippen molar-refractivity contribution in [3.63, 3.8) is 0 Å². The van der Waals surface area contributed by atoms with Crippen molar-refractivity contribution in [2.45, 2.75) is 40.0 Å². The summed E-state index contributed by atoms with van der Waals surface area (Å²) in [6, 6.07) is 0. The first kappa shape index (κ1) is 23.7. The van der Waals surface area contributed by atoms with Crippen molar-refractivity contribution >= 4 is 35.8 Å². The lowest BCUT2D eigenvalue weighted by atomic mass is 10.1. The van der Waals surface area contributed by atoms with Gasteiger partial charge in [0.05, 0.1) is 6.61 Å². The van der Waals surface area contributed by atoms with Crippen LogP contribution in [0.2, 0.25) is 0 Å². The lowest BCUT2D eigenvalue weighted by molar-refractivity contribution is -0.119. The van der Waals surface area contributed by atoms with Gasteiger partial charge >= 0.3 is 0 Å². The summed E-state index contributed by atoms with van der Waals surface area (Å²) in [5.74, 6) is 1.36. The van der Waals surface area contributed by atoms with Crippen LogP contribution in [0, 0.1) is 5.92 Å². The first-order chi connectivity index (χ1) is 10.1. The molecule has 0 radical (unpaired) electrons. The number of amides is 1. The summed E-state index contributed by atoms with van der Waals surface area (Å²) in [5, 5.41) is 9.13. The summed E-state index contributed by atoms with van der Waals surface area (Å²) >= 11 is 0. The van der Waals surface area contributed by atoms with E-state index in [1.54, 1.807) is 7.11 Å². The van der Waals surface area contributed by atoms with Crippen molar-refractivity contribution in [1.82, 2.24) is 16.0 Å². The minimum atomic E-state index is -0.0935. The van der Waals surface area contributed by atoms with Crippen LogP contribution in [0.5, 0.6) is 0 Å². The fraction of sp³-hybridized carbons (Fsp3) is 0.867. The van der Waals surface area contributed by atoms with Crippen molar-refractivity contribution < 1.29 is 9.53 Å². The van der Waals surface area contributed by atoms with Crippen LogP contribution in [0.3, 0.4) is 0 Å². The highest BCUT2D eigenvalue weighted by atomic mass is 127. The predicted molar refractivity (Wildman–Crippen MR) is 103 cm³/mol. The Bertz CT molecular complexity index is 299. The number of halogens is 1. The second-order valence-corrected chi connectivity index (χ2v) is 5.35. The standard InChI is InChI=1S/C15H32N4O2.HI/c1-5-16-15(18-9-7-6-8-13(2)3)19-12-14(20)17-10-11-21-4;/h13H,5-12H2,1-4H3,(H,17,20)(H2,16,18,19);1H. The van der Waals surface area contributed by atoms with Crippen molar-refractivity contribution in [3.8, 4) is 0 Å². The van der Waals surface area contributed by atoms with Crippen LogP contribution in [0.15, 0.2) is 4.99 Å². The van der Waals surface area contributed by atoms with E-state index in [-0.39, 0.29) is 36.4 Å². The number of hydrogen-bond donors (Lipinski definition) is 3. The van der Waals surface area contributed by atoms with E-state index in [2.05, 4.69) is 34.8 Å². The highest BCUT2D eigenvalue weighted by Crippen LogP contribution is 2.04. The molecule has 0 aliphatic carbocycles. The number of aliphatic imine (C=N–C) groups is 1. The Kier molecular flexibility index (Phi) is 18.1. The van der Waals surface area contributed by atoms with E-state index in [0.29, 0.717) is 19.1 Å². The predicted octanol–water partition coefficient (Wildman–Crippen LogP) is 1.75. The highest BCUT2D eigenvalue weighted by Gasteiger charge is 2.01. The van der Waals surface area contributed by atoms with Gasteiger partial charge < -0.3 is 20.7 Å². The molecule has 0 bridgehead atoms. The Hall–Kier alpha value is -0.570. The summed E-state index contributed by atoms with van der Waals surface area (Å²) < 4.78 is 4.87. The second kappa shape index (κ2) is 16.8. The van der Waals surface area contributed by atoms with Gasteiger partial charge in [0.1, 0.15) is 6.54 Å². The monoisotopic (exact) mass is 428 g/mol. The first-order valence-electron chi connectivity index (χ1n) is 7.88. The van der Waals surface area contributed by atoms with E-state index in [1.807, 2.05) is 6.92 Å². The van der Waals surface area contributed by atoms with Gasteiger partial charge in [0, 0.05) is 26.7 Å². The van der Waals surface area contributed by atoms with Gasteiger partial charge in [0.25, 0.3) is 0 Å². The molecule has 0 spiro atoms. The SMILES string of the molecule is CCNC(=NCC(=O)NCCOC)NCCCCC(C)C.I. The lowest BCUT2D eigenvalue weighted by Gasteiger charge is -2.11. The first-order valence-corrected chi connectivity index (χ1v) is 7.88. The summed E-state index contributed by atoms with van der Waals surface area (Å²) in [6.45, 7) is 9.31.